The maximum Gasteiger partial charge on any atom is 0.251 e. The summed E-state index contributed by atoms with van der Waals surface area (Å²) < 4.78 is 1.72. The summed E-state index contributed by atoms with van der Waals surface area (Å²) in [6.45, 7) is 0. The molecule has 0 fully saturated rings. The number of nitrogens with zero attached hydrogens (tertiary/aromatic N) is 3. The standard InChI is InChI=1S/C21H12Cl2N4O/c22-11-5-6-12(16(23)9-11)19-14-7-8-27-20(14)18(15(10-25-27)21(24)28)13-3-1-2-4-17(13)26-19/h1-10H,(H2,24,28). The van der Waals surface area contributed by atoms with Crippen molar-refractivity contribution in [1.29, 1.82) is 0 Å². The molecule has 0 spiro atoms. The third-order valence-corrected chi connectivity index (χ3v) is 5.34. The van der Waals surface area contributed by atoms with Gasteiger partial charge in [0, 0.05) is 33.5 Å². The van der Waals surface area contributed by atoms with Gasteiger partial charge in [0.15, 0.2) is 0 Å². The fourth-order valence-electron chi connectivity index (χ4n) is 3.58. The Bertz CT molecular complexity index is 1320. The van der Waals surface area contributed by atoms with Crippen molar-refractivity contribution >= 4 is 46.0 Å². The summed E-state index contributed by atoms with van der Waals surface area (Å²) in [6.07, 6.45) is 3.32. The first-order valence-electron chi connectivity index (χ1n) is 8.48. The van der Waals surface area contributed by atoms with Gasteiger partial charge in [0.1, 0.15) is 0 Å². The number of amides is 1. The number of carbonyl (C=O) groups excluding carboxylic acids is 1. The van der Waals surface area contributed by atoms with Crippen LogP contribution in [0.1, 0.15) is 21.5 Å². The second kappa shape index (κ2) is 6.19. The lowest BCUT2D eigenvalue weighted by molar-refractivity contribution is 0.100. The number of nitrogens with two attached hydrogens (primary N) is 1. The van der Waals surface area contributed by atoms with Crippen molar-refractivity contribution in [3.05, 3.63) is 87.7 Å². The van der Waals surface area contributed by atoms with Crippen LogP contribution in [0.25, 0.3) is 16.6 Å². The van der Waals surface area contributed by atoms with E-state index in [0.29, 0.717) is 26.9 Å². The average Bonchev–Trinajstić information content (AvgIpc) is 3.04. The van der Waals surface area contributed by atoms with E-state index in [-0.39, 0.29) is 0 Å². The van der Waals surface area contributed by atoms with Crippen LogP contribution in [0.4, 0.5) is 5.69 Å². The van der Waals surface area contributed by atoms with Crippen LogP contribution in [0, 0.1) is 0 Å². The van der Waals surface area contributed by atoms with E-state index in [0.717, 1.165) is 27.9 Å². The second-order valence-electron chi connectivity index (χ2n) is 6.42. The van der Waals surface area contributed by atoms with Crippen LogP contribution in [0.15, 0.2) is 65.9 Å². The minimum Gasteiger partial charge on any atom is -0.366 e. The van der Waals surface area contributed by atoms with E-state index in [1.807, 2.05) is 42.6 Å². The molecule has 5 rings (SSSR count). The van der Waals surface area contributed by atoms with Gasteiger partial charge in [-0.05, 0) is 30.3 Å². The zero-order chi connectivity index (χ0) is 19.4. The van der Waals surface area contributed by atoms with E-state index in [9.17, 15) is 4.79 Å². The molecule has 0 saturated heterocycles. The Hall–Kier alpha value is -3.15. The summed E-state index contributed by atoms with van der Waals surface area (Å²) in [5.74, 6) is -0.542. The highest BCUT2D eigenvalue weighted by molar-refractivity contribution is 6.38. The lowest BCUT2D eigenvalue weighted by Gasteiger charge is -2.10. The van der Waals surface area contributed by atoms with Crippen LogP contribution in [-0.4, -0.2) is 21.2 Å². The highest BCUT2D eigenvalue weighted by atomic mass is 35.5. The Balaban J connectivity index is 1.95. The minimum absolute atomic E-state index is 0.346. The summed E-state index contributed by atoms with van der Waals surface area (Å²) in [6, 6.07) is 14.8. The van der Waals surface area contributed by atoms with Gasteiger partial charge in [-0.25, -0.2) is 9.51 Å². The Labute approximate surface area is 170 Å². The summed E-state index contributed by atoms with van der Waals surface area (Å²) in [5, 5.41) is 5.39. The molecule has 2 aromatic heterocycles. The molecule has 0 unspecified atom stereocenters. The van der Waals surface area contributed by atoms with E-state index in [2.05, 4.69) is 5.10 Å². The summed E-state index contributed by atoms with van der Waals surface area (Å²) in [5.41, 5.74) is 11.2. The van der Waals surface area contributed by atoms with Crippen molar-refractivity contribution in [3.8, 4) is 11.1 Å². The molecular weight excluding hydrogens is 395 g/mol. The van der Waals surface area contributed by atoms with Gasteiger partial charge < -0.3 is 5.73 Å². The number of rotatable bonds is 2. The van der Waals surface area contributed by atoms with Crippen molar-refractivity contribution in [2.45, 2.75) is 0 Å². The van der Waals surface area contributed by atoms with Crippen molar-refractivity contribution in [2.75, 3.05) is 0 Å². The number of aliphatic imine (C=N–C) groups is 1. The highest BCUT2D eigenvalue weighted by Crippen LogP contribution is 2.41. The predicted molar refractivity (Wildman–Crippen MR) is 111 cm³/mol. The topological polar surface area (TPSA) is 72.8 Å². The zero-order valence-electron chi connectivity index (χ0n) is 14.4. The van der Waals surface area contributed by atoms with E-state index in [1.54, 1.807) is 16.6 Å². The number of benzene rings is 2. The van der Waals surface area contributed by atoms with Crippen LogP contribution in [-0.2, 0) is 0 Å². The van der Waals surface area contributed by atoms with Crippen LogP contribution in [0.2, 0.25) is 10.0 Å². The Morgan fingerprint density at radius 3 is 2.61 bits per heavy atom. The van der Waals surface area contributed by atoms with Crippen molar-refractivity contribution in [3.63, 3.8) is 0 Å². The van der Waals surface area contributed by atoms with Gasteiger partial charge in [-0.1, -0.05) is 41.4 Å². The van der Waals surface area contributed by atoms with Gasteiger partial charge >= 0.3 is 0 Å². The van der Waals surface area contributed by atoms with Gasteiger partial charge in [-0.3, -0.25) is 4.79 Å². The predicted octanol–water partition coefficient (Wildman–Crippen LogP) is 4.89. The van der Waals surface area contributed by atoms with E-state index in [4.69, 9.17) is 33.9 Å². The molecule has 1 amide bonds. The number of aromatic nitrogens is 2. The molecule has 0 atom stereocenters. The number of hydrogen-bond donors (Lipinski definition) is 1. The van der Waals surface area contributed by atoms with Gasteiger partial charge in [-0.2, -0.15) is 5.10 Å². The Morgan fingerprint density at radius 2 is 1.82 bits per heavy atom. The Morgan fingerprint density at radius 1 is 1.00 bits per heavy atom. The fourth-order valence-corrected chi connectivity index (χ4v) is 4.08. The number of carbonyl (C=O) groups is 1. The van der Waals surface area contributed by atoms with Crippen LogP contribution in [0.3, 0.4) is 0 Å². The zero-order valence-corrected chi connectivity index (χ0v) is 15.9. The summed E-state index contributed by atoms with van der Waals surface area (Å²) >= 11 is 12.6. The van der Waals surface area contributed by atoms with Gasteiger partial charge in [0.05, 0.1) is 33.7 Å². The molecule has 1 aliphatic rings. The molecular formula is C21H12Cl2N4O. The fraction of sp³-hybridized carbons (Fsp3) is 0. The maximum atomic E-state index is 12.1. The van der Waals surface area contributed by atoms with Gasteiger partial charge in [-0.15, -0.1) is 0 Å². The molecule has 2 aromatic carbocycles. The Kier molecular flexibility index (Phi) is 3.75. The van der Waals surface area contributed by atoms with Gasteiger partial charge in [0.25, 0.3) is 5.91 Å². The summed E-state index contributed by atoms with van der Waals surface area (Å²) in [7, 11) is 0. The van der Waals surface area contributed by atoms with Gasteiger partial charge in [0.2, 0.25) is 0 Å². The molecule has 0 aliphatic carbocycles. The number of hydrogen-bond acceptors (Lipinski definition) is 3. The van der Waals surface area contributed by atoms with Crippen molar-refractivity contribution < 1.29 is 4.79 Å². The van der Waals surface area contributed by atoms with Crippen LogP contribution < -0.4 is 5.73 Å². The molecule has 3 heterocycles. The average molecular weight is 407 g/mol. The number of halogens is 2. The number of primary amides is 1. The molecule has 7 heteroatoms. The highest BCUT2D eigenvalue weighted by Gasteiger charge is 2.26. The smallest absolute Gasteiger partial charge is 0.251 e. The molecule has 0 saturated carbocycles. The first kappa shape index (κ1) is 17.0. The minimum atomic E-state index is -0.542. The first-order chi connectivity index (χ1) is 13.5. The van der Waals surface area contributed by atoms with Crippen LogP contribution in [0.5, 0.6) is 0 Å². The molecule has 136 valence electrons. The monoisotopic (exact) mass is 406 g/mol. The molecule has 4 aromatic rings. The third kappa shape index (κ3) is 2.44. The molecule has 0 bridgehead atoms. The quantitative estimate of drug-likeness (QED) is 0.453. The number of para-hydroxylation sites is 1. The lowest BCUT2D eigenvalue weighted by atomic mass is 9.96. The second-order valence-corrected chi connectivity index (χ2v) is 7.27. The van der Waals surface area contributed by atoms with E-state index < -0.39 is 5.91 Å². The summed E-state index contributed by atoms with van der Waals surface area (Å²) in [4.78, 5) is 17.1. The van der Waals surface area contributed by atoms with Crippen LogP contribution >= 0.6 is 23.2 Å². The molecule has 2 N–H and O–H groups in total. The van der Waals surface area contributed by atoms with E-state index >= 15 is 0 Å². The first-order valence-corrected chi connectivity index (χ1v) is 9.24. The molecule has 28 heavy (non-hydrogen) atoms. The van der Waals surface area contributed by atoms with E-state index in [1.165, 1.54) is 6.20 Å². The normalized spacial score (nSPS) is 12.4. The lowest BCUT2D eigenvalue weighted by Crippen LogP contribution is -2.14. The maximum absolute atomic E-state index is 12.1. The molecule has 0 radical (unpaired) electrons. The van der Waals surface area contributed by atoms with Crippen molar-refractivity contribution in [1.82, 2.24) is 9.61 Å². The third-order valence-electron chi connectivity index (χ3n) is 4.80. The molecule has 1 aliphatic heterocycles. The SMILES string of the molecule is NC(=O)c1cnn2ccc3c2c1-c1ccccc1N=C3c1ccc(Cl)cc1Cl. The molecule has 5 nitrogen and oxygen atoms in total. The number of fused-ring (bicyclic) bond motifs is 2. The van der Waals surface area contributed by atoms with Crippen molar-refractivity contribution in [2.24, 2.45) is 10.7 Å². The largest absolute Gasteiger partial charge is 0.366 e.